The smallest absolute Gasteiger partial charge is 0.127 e. The molecule has 2 rings (SSSR count). The van der Waals surface area contributed by atoms with Crippen molar-refractivity contribution < 1.29 is 4.74 Å². The van der Waals surface area contributed by atoms with E-state index in [0.717, 1.165) is 22.6 Å². The van der Waals surface area contributed by atoms with Crippen LogP contribution in [0.4, 0.5) is 0 Å². The second kappa shape index (κ2) is 5.21. The second-order valence-corrected chi connectivity index (χ2v) is 5.56. The van der Waals surface area contributed by atoms with Crippen molar-refractivity contribution in [3.63, 3.8) is 0 Å². The lowest BCUT2D eigenvalue weighted by atomic mass is 10.0. The normalized spacial score (nSPS) is 13.5. The molecule has 1 aromatic heterocycles. The number of hydrogen-bond acceptors (Lipinski definition) is 3. The summed E-state index contributed by atoms with van der Waals surface area (Å²) in [6, 6.07) is 6.26. The Hall–Kier alpha value is -1.55. The molecule has 0 bridgehead atoms. The highest BCUT2D eigenvalue weighted by Crippen LogP contribution is 2.29. The van der Waals surface area contributed by atoms with Gasteiger partial charge in [-0.2, -0.15) is 0 Å². The van der Waals surface area contributed by atoms with Crippen LogP contribution in [-0.4, -0.2) is 16.7 Å². The van der Waals surface area contributed by atoms with Crippen molar-refractivity contribution in [2.24, 2.45) is 11.7 Å². The van der Waals surface area contributed by atoms with Gasteiger partial charge in [0.15, 0.2) is 0 Å². The zero-order chi connectivity index (χ0) is 14.2. The highest BCUT2D eigenvalue weighted by molar-refractivity contribution is 5.78. The third-order valence-electron chi connectivity index (χ3n) is 3.46. The molecule has 2 N–H and O–H groups in total. The zero-order valence-electron chi connectivity index (χ0n) is 12.3. The van der Waals surface area contributed by atoms with E-state index < -0.39 is 0 Å². The average Bonchev–Trinajstić information content (AvgIpc) is 2.75. The van der Waals surface area contributed by atoms with Crippen molar-refractivity contribution >= 4 is 11.0 Å². The van der Waals surface area contributed by atoms with Gasteiger partial charge in [-0.15, -0.1) is 0 Å². The van der Waals surface area contributed by atoms with Gasteiger partial charge in [0.25, 0.3) is 0 Å². The first kappa shape index (κ1) is 13.9. The molecule has 1 aromatic carbocycles. The summed E-state index contributed by atoms with van der Waals surface area (Å²) in [5.74, 6) is 2.13. The predicted molar refractivity (Wildman–Crippen MR) is 78.4 cm³/mol. The molecule has 1 unspecified atom stereocenters. The van der Waals surface area contributed by atoms with Gasteiger partial charge in [-0.25, -0.2) is 4.98 Å². The molecular formula is C15H23N3O. The molecule has 4 nitrogen and oxygen atoms in total. The topological polar surface area (TPSA) is 53.1 Å². The van der Waals surface area contributed by atoms with Crippen molar-refractivity contribution in [1.82, 2.24) is 9.55 Å². The minimum atomic E-state index is -0.0548. The molecule has 104 valence electrons. The number of fused-ring (bicyclic) bond motifs is 1. The summed E-state index contributed by atoms with van der Waals surface area (Å²) in [5, 5.41) is 0. The van der Waals surface area contributed by atoms with Crippen LogP contribution in [0.1, 0.15) is 45.6 Å². The van der Waals surface area contributed by atoms with Gasteiger partial charge < -0.3 is 15.0 Å². The summed E-state index contributed by atoms with van der Waals surface area (Å²) in [6.07, 6.45) is 0. The Morgan fingerprint density at radius 2 is 1.89 bits per heavy atom. The predicted octanol–water partition coefficient (Wildman–Crippen LogP) is 3.28. The first-order valence-electron chi connectivity index (χ1n) is 6.77. The van der Waals surface area contributed by atoms with E-state index >= 15 is 0 Å². The molecule has 0 amide bonds. The molecule has 19 heavy (non-hydrogen) atoms. The van der Waals surface area contributed by atoms with Crippen LogP contribution in [0.2, 0.25) is 0 Å². The third-order valence-corrected chi connectivity index (χ3v) is 3.46. The van der Waals surface area contributed by atoms with E-state index in [0.29, 0.717) is 12.0 Å². The van der Waals surface area contributed by atoms with Gasteiger partial charge in [0.1, 0.15) is 11.6 Å². The maximum Gasteiger partial charge on any atom is 0.127 e. The fourth-order valence-corrected chi connectivity index (χ4v) is 2.30. The highest BCUT2D eigenvalue weighted by Gasteiger charge is 2.21. The summed E-state index contributed by atoms with van der Waals surface area (Å²) < 4.78 is 7.48. The Balaban J connectivity index is 2.65. The Labute approximate surface area is 114 Å². The van der Waals surface area contributed by atoms with E-state index in [4.69, 9.17) is 15.5 Å². The van der Waals surface area contributed by atoms with Gasteiger partial charge in [0, 0.05) is 12.1 Å². The summed E-state index contributed by atoms with van der Waals surface area (Å²) in [7, 11) is 1.67. The maximum atomic E-state index is 6.30. The SMILES string of the molecule is COc1ccc2c(c1)nc(C(N)C(C)C)n2C(C)C. The van der Waals surface area contributed by atoms with Crippen LogP contribution in [0.25, 0.3) is 11.0 Å². The fraction of sp³-hybridized carbons (Fsp3) is 0.533. The zero-order valence-corrected chi connectivity index (χ0v) is 12.3. The van der Waals surface area contributed by atoms with Crippen LogP contribution >= 0.6 is 0 Å². The molecule has 0 spiro atoms. The summed E-state index contributed by atoms with van der Waals surface area (Å²) in [5.41, 5.74) is 8.35. The molecule has 0 radical (unpaired) electrons. The number of ether oxygens (including phenoxy) is 1. The van der Waals surface area contributed by atoms with Crippen LogP contribution in [0.15, 0.2) is 18.2 Å². The number of hydrogen-bond donors (Lipinski definition) is 1. The lowest BCUT2D eigenvalue weighted by Crippen LogP contribution is -2.22. The molecule has 0 saturated heterocycles. The lowest BCUT2D eigenvalue weighted by Gasteiger charge is -2.20. The molecule has 0 aliphatic carbocycles. The summed E-state index contributed by atoms with van der Waals surface area (Å²) >= 11 is 0. The van der Waals surface area contributed by atoms with Crippen molar-refractivity contribution in [3.05, 3.63) is 24.0 Å². The van der Waals surface area contributed by atoms with Crippen LogP contribution in [0.5, 0.6) is 5.75 Å². The van der Waals surface area contributed by atoms with Gasteiger partial charge >= 0.3 is 0 Å². The third kappa shape index (κ3) is 2.45. The molecule has 0 saturated carbocycles. The lowest BCUT2D eigenvalue weighted by molar-refractivity contribution is 0.415. The van der Waals surface area contributed by atoms with E-state index in [-0.39, 0.29) is 6.04 Å². The Morgan fingerprint density at radius 3 is 2.42 bits per heavy atom. The molecule has 4 heteroatoms. The Kier molecular flexibility index (Phi) is 3.80. The largest absolute Gasteiger partial charge is 0.497 e. The molecule has 0 aliphatic rings. The standard InChI is InChI=1S/C15H23N3O/c1-9(2)14(16)15-17-12-8-11(19-5)6-7-13(12)18(15)10(3)4/h6-10,14H,16H2,1-5H3. The number of benzene rings is 1. The minimum absolute atomic E-state index is 0.0548. The van der Waals surface area contributed by atoms with Gasteiger partial charge in [-0.1, -0.05) is 13.8 Å². The number of rotatable bonds is 4. The van der Waals surface area contributed by atoms with Crippen LogP contribution in [0, 0.1) is 5.92 Å². The number of aromatic nitrogens is 2. The first-order chi connectivity index (χ1) is 8.95. The van der Waals surface area contributed by atoms with E-state index in [1.165, 1.54) is 0 Å². The molecule has 1 heterocycles. The average molecular weight is 261 g/mol. The van der Waals surface area contributed by atoms with Gasteiger partial charge in [-0.3, -0.25) is 0 Å². The quantitative estimate of drug-likeness (QED) is 0.919. The number of nitrogens with zero attached hydrogens (tertiary/aromatic N) is 2. The summed E-state index contributed by atoms with van der Waals surface area (Å²) in [4.78, 5) is 4.72. The van der Waals surface area contributed by atoms with E-state index in [1.807, 2.05) is 12.1 Å². The van der Waals surface area contributed by atoms with Crippen molar-refractivity contribution in [3.8, 4) is 5.75 Å². The molecule has 0 fully saturated rings. The minimum Gasteiger partial charge on any atom is -0.497 e. The van der Waals surface area contributed by atoms with Crippen LogP contribution in [0.3, 0.4) is 0 Å². The molecular weight excluding hydrogens is 238 g/mol. The Bertz CT molecular complexity index is 572. The van der Waals surface area contributed by atoms with Crippen LogP contribution in [-0.2, 0) is 0 Å². The fourth-order valence-electron chi connectivity index (χ4n) is 2.30. The van der Waals surface area contributed by atoms with Gasteiger partial charge in [-0.05, 0) is 31.9 Å². The first-order valence-corrected chi connectivity index (χ1v) is 6.77. The van der Waals surface area contributed by atoms with Gasteiger partial charge in [0.05, 0.1) is 24.2 Å². The van der Waals surface area contributed by atoms with E-state index in [2.05, 4.69) is 38.3 Å². The molecule has 0 aliphatic heterocycles. The van der Waals surface area contributed by atoms with Crippen molar-refractivity contribution in [2.75, 3.05) is 7.11 Å². The van der Waals surface area contributed by atoms with Gasteiger partial charge in [0.2, 0.25) is 0 Å². The monoisotopic (exact) mass is 261 g/mol. The number of nitrogens with two attached hydrogens (primary N) is 1. The highest BCUT2D eigenvalue weighted by atomic mass is 16.5. The van der Waals surface area contributed by atoms with Crippen molar-refractivity contribution in [2.45, 2.75) is 39.8 Å². The van der Waals surface area contributed by atoms with E-state index in [1.54, 1.807) is 7.11 Å². The summed E-state index contributed by atoms with van der Waals surface area (Å²) in [6.45, 7) is 8.55. The molecule has 1 atom stereocenters. The Morgan fingerprint density at radius 1 is 1.21 bits per heavy atom. The molecule has 2 aromatic rings. The maximum absolute atomic E-state index is 6.30. The second-order valence-electron chi connectivity index (χ2n) is 5.56. The number of imidazole rings is 1. The number of methoxy groups -OCH3 is 1. The van der Waals surface area contributed by atoms with E-state index in [9.17, 15) is 0 Å². The van der Waals surface area contributed by atoms with Crippen LogP contribution < -0.4 is 10.5 Å². The van der Waals surface area contributed by atoms with Crippen molar-refractivity contribution in [1.29, 1.82) is 0 Å².